The molecule has 0 aromatic heterocycles. The second-order valence-electron chi connectivity index (χ2n) is 6.49. The van der Waals surface area contributed by atoms with E-state index in [0.717, 1.165) is 16.5 Å². The third-order valence-corrected chi connectivity index (χ3v) is 4.19. The van der Waals surface area contributed by atoms with Crippen LogP contribution < -0.4 is 15.1 Å². The molecule has 0 aliphatic heterocycles. The molecule has 1 amide bonds. The molecule has 0 saturated carbocycles. The number of hydrazone groups is 1. The predicted molar refractivity (Wildman–Crippen MR) is 113 cm³/mol. The van der Waals surface area contributed by atoms with Gasteiger partial charge in [-0.3, -0.25) is 14.9 Å². The fraction of sp³-hybridized carbons (Fsp3) is 0.143. The number of nitro groups is 1. The van der Waals surface area contributed by atoms with Gasteiger partial charge in [0.1, 0.15) is 5.75 Å². The topological polar surface area (TPSA) is 97.1 Å². The summed E-state index contributed by atoms with van der Waals surface area (Å²) in [7, 11) is 3.63. The Morgan fingerprint density at radius 3 is 2.62 bits per heavy atom. The highest BCUT2D eigenvalue weighted by Gasteiger charge is 2.11. The van der Waals surface area contributed by atoms with Crippen LogP contribution in [0.25, 0.3) is 10.8 Å². The molecule has 0 fully saturated rings. The zero-order valence-corrected chi connectivity index (χ0v) is 16.0. The summed E-state index contributed by atoms with van der Waals surface area (Å²) in [6.45, 7) is -0.203. The number of ether oxygens (including phenoxy) is 1. The lowest BCUT2D eigenvalue weighted by Crippen LogP contribution is -2.24. The highest BCUT2D eigenvalue weighted by Crippen LogP contribution is 2.23. The third kappa shape index (κ3) is 5.07. The minimum Gasteiger partial charge on any atom is -0.484 e. The van der Waals surface area contributed by atoms with Crippen molar-refractivity contribution in [2.75, 3.05) is 25.6 Å². The Kier molecular flexibility index (Phi) is 6.03. The molecule has 3 rings (SSSR count). The smallest absolute Gasteiger partial charge is 0.277 e. The molecule has 0 aliphatic carbocycles. The number of nitrogens with zero attached hydrogens (tertiary/aromatic N) is 3. The van der Waals surface area contributed by atoms with E-state index >= 15 is 0 Å². The molecule has 0 radical (unpaired) electrons. The number of nitrogens with one attached hydrogen (secondary N) is 1. The molecule has 3 aromatic carbocycles. The van der Waals surface area contributed by atoms with Crippen molar-refractivity contribution in [1.29, 1.82) is 0 Å². The van der Waals surface area contributed by atoms with Crippen molar-refractivity contribution in [2.45, 2.75) is 0 Å². The van der Waals surface area contributed by atoms with E-state index < -0.39 is 10.8 Å². The van der Waals surface area contributed by atoms with Crippen LogP contribution in [0, 0.1) is 10.1 Å². The first-order chi connectivity index (χ1) is 13.9. The molecule has 0 atom stereocenters. The van der Waals surface area contributed by atoms with Crippen LogP contribution in [-0.2, 0) is 4.79 Å². The Hall–Kier alpha value is -3.94. The second kappa shape index (κ2) is 8.83. The average Bonchev–Trinajstić information content (AvgIpc) is 2.71. The Morgan fingerprint density at radius 2 is 1.90 bits per heavy atom. The van der Waals surface area contributed by atoms with Crippen molar-refractivity contribution in [3.8, 4) is 5.75 Å². The summed E-state index contributed by atoms with van der Waals surface area (Å²) >= 11 is 0. The maximum Gasteiger partial charge on any atom is 0.277 e. The summed E-state index contributed by atoms with van der Waals surface area (Å²) in [6, 6.07) is 17.9. The molecule has 0 heterocycles. The molecule has 0 spiro atoms. The Labute approximate surface area is 167 Å². The van der Waals surface area contributed by atoms with Gasteiger partial charge in [0.2, 0.25) is 0 Å². The van der Waals surface area contributed by atoms with E-state index in [0.29, 0.717) is 11.3 Å². The van der Waals surface area contributed by atoms with Crippen LogP contribution in [0.5, 0.6) is 5.75 Å². The van der Waals surface area contributed by atoms with E-state index in [1.54, 1.807) is 17.0 Å². The number of nitro benzene ring substituents is 1. The highest BCUT2D eigenvalue weighted by molar-refractivity contribution is 5.90. The maximum absolute atomic E-state index is 12.0. The van der Waals surface area contributed by atoms with Gasteiger partial charge < -0.3 is 9.64 Å². The van der Waals surface area contributed by atoms with Gasteiger partial charge in [-0.05, 0) is 29.0 Å². The SMILES string of the molecule is CN(C)c1ccc([N+](=O)[O-])cc1/C=N\NC(=O)COc1ccc2ccccc2c1. The van der Waals surface area contributed by atoms with Crippen LogP contribution in [0.3, 0.4) is 0 Å². The number of fused-ring (bicyclic) bond motifs is 1. The zero-order chi connectivity index (χ0) is 20.8. The summed E-state index contributed by atoms with van der Waals surface area (Å²) in [5.74, 6) is 0.141. The minimum atomic E-state index is -0.479. The monoisotopic (exact) mass is 392 g/mol. The number of hydrogen-bond acceptors (Lipinski definition) is 6. The number of amides is 1. The predicted octanol–water partition coefficient (Wildman–Crippen LogP) is 3.34. The van der Waals surface area contributed by atoms with Gasteiger partial charge in [-0.15, -0.1) is 0 Å². The van der Waals surface area contributed by atoms with E-state index in [2.05, 4.69) is 10.5 Å². The fourth-order valence-electron chi connectivity index (χ4n) is 2.78. The lowest BCUT2D eigenvalue weighted by molar-refractivity contribution is -0.384. The number of rotatable bonds is 7. The fourth-order valence-corrected chi connectivity index (χ4v) is 2.78. The number of non-ortho nitro benzene ring substituents is 1. The second-order valence-corrected chi connectivity index (χ2v) is 6.49. The first-order valence-electron chi connectivity index (χ1n) is 8.83. The largest absolute Gasteiger partial charge is 0.484 e. The van der Waals surface area contributed by atoms with Crippen molar-refractivity contribution in [1.82, 2.24) is 5.43 Å². The summed E-state index contributed by atoms with van der Waals surface area (Å²) < 4.78 is 5.51. The van der Waals surface area contributed by atoms with Crippen LogP contribution in [-0.4, -0.2) is 37.7 Å². The van der Waals surface area contributed by atoms with Gasteiger partial charge in [-0.2, -0.15) is 5.10 Å². The number of carbonyl (C=O) groups excluding carboxylic acids is 1. The molecule has 1 N–H and O–H groups in total. The molecule has 8 heteroatoms. The molecular formula is C21H20N4O4. The summed E-state index contributed by atoms with van der Waals surface area (Å²) in [6.07, 6.45) is 1.37. The number of anilines is 1. The van der Waals surface area contributed by atoms with E-state index in [1.165, 1.54) is 18.3 Å². The molecule has 148 valence electrons. The van der Waals surface area contributed by atoms with Gasteiger partial charge in [0, 0.05) is 37.5 Å². The Balaban J connectivity index is 1.61. The number of hydrogen-bond donors (Lipinski definition) is 1. The minimum absolute atomic E-state index is 0.0528. The van der Waals surface area contributed by atoms with Crippen molar-refractivity contribution >= 4 is 34.3 Å². The molecule has 3 aromatic rings. The van der Waals surface area contributed by atoms with Gasteiger partial charge in [-0.25, -0.2) is 5.43 Å². The van der Waals surface area contributed by atoms with Crippen LogP contribution in [0.1, 0.15) is 5.56 Å². The molecule has 29 heavy (non-hydrogen) atoms. The van der Waals surface area contributed by atoms with Gasteiger partial charge in [-0.1, -0.05) is 30.3 Å². The molecular weight excluding hydrogens is 372 g/mol. The maximum atomic E-state index is 12.0. The van der Waals surface area contributed by atoms with Crippen molar-refractivity contribution < 1.29 is 14.5 Å². The third-order valence-electron chi connectivity index (χ3n) is 4.19. The summed E-state index contributed by atoms with van der Waals surface area (Å²) in [5, 5.41) is 17.0. The van der Waals surface area contributed by atoms with Crippen molar-refractivity contribution in [3.05, 3.63) is 76.3 Å². The van der Waals surface area contributed by atoms with Gasteiger partial charge in [0.25, 0.3) is 11.6 Å². The molecule has 0 bridgehead atoms. The van der Waals surface area contributed by atoms with E-state index in [1.807, 2.05) is 50.5 Å². The Bertz CT molecular complexity index is 1080. The van der Waals surface area contributed by atoms with E-state index in [4.69, 9.17) is 4.74 Å². The normalized spacial score (nSPS) is 10.8. The molecule has 8 nitrogen and oxygen atoms in total. The molecule has 0 aliphatic rings. The molecule has 0 unspecified atom stereocenters. The first kappa shape index (κ1) is 19.8. The Morgan fingerprint density at radius 1 is 1.14 bits per heavy atom. The van der Waals surface area contributed by atoms with Gasteiger partial charge >= 0.3 is 0 Å². The number of carbonyl (C=O) groups is 1. The molecule has 0 saturated heterocycles. The highest BCUT2D eigenvalue weighted by atomic mass is 16.6. The van der Waals surface area contributed by atoms with Crippen LogP contribution in [0.2, 0.25) is 0 Å². The van der Waals surface area contributed by atoms with Gasteiger partial charge in [0.15, 0.2) is 6.61 Å². The quantitative estimate of drug-likeness (QED) is 0.378. The number of benzene rings is 3. The first-order valence-corrected chi connectivity index (χ1v) is 8.83. The summed E-state index contributed by atoms with van der Waals surface area (Å²) in [4.78, 5) is 24.3. The van der Waals surface area contributed by atoms with E-state index in [-0.39, 0.29) is 12.3 Å². The van der Waals surface area contributed by atoms with Crippen LogP contribution in [0.4, 0.5) is 11.4 Å². The van der Waals surface area contributed by atoms with Crippen molar-refractivity contribution in [3.63, 3.8) is 0 Å². The van der Waals surface area contributed by atoms with E-state index in [9.17, 15) is 14.9 Å². The standard InChI is InChI=1S/C21H20N4O4/c1-24(2)20-10-8-18(25(27)28)11-17(20)13-22-23-21(26)14-29-19-9-7-15-5-3-4-6-16(15)12-19/h3-13H,14H2,1-2H3,(H,23,26)/b22-13-. The van der Waals surface area contributed by atoms with Crippen molar-refractivity contribution in [2.24, 2.45) is 5.10 Å². The van der Waals surface area contributed by atoms with Crippen LogP contribution in [0.15, 0.2) is 65.8 Å². The average molecular weight is 392 g/mol. The zero-order valence-electron chi connectivity index (χ0n) is 16.0. The lowest BCUT2D eigenvalue weighted by Gasteiger charge is -2.14. The lowest BCUT2D eigenvalue weighted by atomic mass is 10.1. The van der Waals surface area contributed by atoms with Gasteiger partial charge in [0.05, 0.1) is 11.1 Å². The summed E-state index contributed by atoms with van der Waals surface area (Å²) in [5.41, 5.74) is 3.57. The van der Waals surface area contributed by atoms with Crippen LogP contribution >= 0.6 is 0 Å².